The van der Waals surface area contributed by atoms with E-state index in [-0.39, 0.29) is 16.5 Å². The molecule has 2 aromatic rings. The number of pyridine rings is 1. The molecule has 10 heteroatoms. The highest BCUT2D eigenvalue weighted by molar-refractivity contribution is 7.87. The van der Waals surface area contributed by atoms with Gasteiger partial charge in [-0.25, -0.2) is 9.29 Å². The van der Waals surface area contributed by atoms with Gasteiger partial charge in [0.05, 0.1) is 22.6 Å². The molecule has 7 nitrogen and oxygen atoms in total. The Morgan fingerprint density at radius 1 is 1.11 bits per heavy atom. The lowest BCUT2D eigenvalue weighted by molar-refractivity contribution is 0.00578. The summed E-state index contributed by atoms with van der Waals surface area (Å²) in [6, 6.07) is 9.57. The molecule has 1 aliphatic rings. The average molecular weight is 411 g/mol. The molecule has 1 fully saturated rings. The van der Waals surface area contributed by atoms with Gasteiger partial charge < -0.3 is 9.31 Å². The SMILES string of the molecule is CC1(C)OB(c2cnc(Cl)c(N(c3ccccc3)S(=O)(=O)O)c2)OC1(C)C. The Balaban J connectivity index is 2.08. The van der Waals surface area contributed by atoms with Crippen LogP contribution in [0.5, 0.6) is 0 Å². The first-order valence-corrected chi connectivity index (χ1v) is 10.0. The van der Waals surface area contributed by atoms with Crippen LogP contribution in [-0.2, 0) is 19.6 Å². The molecule has 1 aliphatic heterocycles. The van der Waals surface area contributed by atoms with E-state index in [9.17, 15) is 13.0 Å². The van der Waals surface area contributed by atoms with E-state index in [1.54, 1.807) is 18.2 Å². The first-order valence-electron chi connectivity index (χ1n) is 8.26. The molecular weight excluding hydrogens is 391 g/mol. The number of hydrogen-bond acceptors (Lipinski definition) is 5. The summed E-state index contributed by atoms with van der Waals surface area (Å²) in [6.07, 6.45) is 1.46. The Hall–Kier alpha value is -1.65. The second-order valence-electron chi connectivity index (χ2n) is 7.24. The maximum absolute atomic E-state index is 12.1. The van der Waals surface area contributed by atoms with Gasteiger partial charge in [-0.1, -0.05) is 29.8 Å². The van der Waals surface area contributed by atoms with Crippen molar-refractivity contribution in [2.75, 3.05) is 4.31 Å². The summed E-state index contributed by atoms with van der Waals surface area (Å²) in [5, 5.41) is -0.0863. The highest BCUT2D eigenvalue weighted by atomic mass is 35.5. The van der Waals surface area contributed by atoms with Crippen molar-refractivity contribution in [1.29, 1.82) is 0 Å². The van der Waals surface area contributed by atoms with Gasteiger partial charge >= 0.3 is 17.4 Å². The topological polar surface area (TPSA) is 89.0 Å². The third-order valence-corrected chi connectivity index (χ3v) is 5.97. The monoisotopic (exact) mass is 410 g/mol. The molecule has 1 N–H and O–H groups in total. The summed E-state index contributed by atoms with van der Waals surface area (Å²) in [6.45, 7) is 7.63. The first kappa shape index (κ1) is 20.1. The lowest BCUT2D eigenvalue weighted by Crippen LogP contribution is -2.41. The number of nitrogens with zero attached hydrogens (tertiary/aromatic N) is 2. The summed E-state index contributed by atoms with van der Waals surface area (Å²) in [5.74, 6) is 0. The van der Waals surface area contributed by atoms with Crippen molar-refractivity contribution in [1.82, 2.24) is 4.98 Å². The number of hydrogen-bond donors (Lipinski definition) is 1. The zero-order valence-electron chi connectivity index (χ0n) is 15.4. The first-order chi connectivity index (χ1) is 12.4. The Bertz CT molecular complexity index is 937. The third kappa shape index (κ3) is 3.83. The molecule has 27 heavy (non-hydrogen) atoms. The molecule has 0 spiro atoms. The van der Waals surface area contributed by atoms with Crippen molar-refractivity contribution < 1.29 is 22.3 Å². The van der Waals surface area contributed by atoms with Crippen LogP contribution in [0.4, 0.5) is 11.4 Å². The van der Waals surface area contributed by atoms with Gasteiger partial charge in [0.2, 0.25) is 0 Å². The lowest BCUT2D eigenvalue weighted by Gasteiger charge is -2.32. The van der Waals surface area contributed by atoms with Crippen LogP contribution in [0.2, 0.25) is 5.15 Å². The molecule has 0 saturated carbocycles. The highest BCUT2D eigenvalue weighted by Gasteiger charge is 2.52. The quantitative estimate of drug-likeness (QED) is 0.473. The van der Waals surface area contributed by atoms with Crippen LogP contribution in [0.15, 0.2) is 42.6 Å². The zero-order valence-corrected chi connectivity index (χ0v) is 17.0. The Labute approximate surface area is 164 Å². The number of aromatic nitrogens is 1. The summed E-state index contributed by atoms with van der Waals surface area (Å²) in [5.41, 5.74) is -0.441. The minimum atomic E-state index is -4.65. The molecule has 0 amide bonds. The maximum Gasteiger partial charge on any atom is 0.496 e. The highest BCUT2D eigenvalue weighted by Crippen LogP contribution is 2.37. The molecule has 0 unspecified atom stereocenters. The third-order valence-electron chi connectivity index (χ3n) is 4.81. The van der Waals surface area contributed by atoms with Gasteiger partial charge in [-0.15, -0.1) is 0 Å². The van der Waals surface area contributed by atoms with Crippen molar-refractivity contribution in [2.24, 2.45) is 0 Å². The van der Waals surface area contributed by atoms with E-state index in [1.165, 1.54) is 24.4 Å². The van der Waals surface area contributed by atoms with Crippen LogP contribution >= 0.6 is 11.6 Å². The second kappa shape index (κ2) is 6.75. The fourth-order valence-electron chi connectivity index (χ4n) is 2.66. The smallest absolute Gasteiger partial charge is 0.399 e. The van der Waals surface area contributed by atoms with Crippen LogP contribution in [-0.4, -0.2) is 36.3 Å². The predicted molar refractivity (Wildman–Crippen MR) is 105 cm³/mol. The number of para-hydroxylation sites is 1. The molecule has 1 saturated heterocycles. The molecule has 1 aromatic carbocycles. The number of halogens is 1. The van der Waals surface area contributed by atoms with Crippen molar-refractivity contribution in [3.05, 3.63) is 47.7 Å². The summed E-state index contributed by atoms with van der Waals surface area (Å²) >= 11 is 6.16. The van der Waals surface area contributed by atoms with Crippen molar-refractivity contribution in [2.45, 2.75) is 38.9 Å². The molecule has 3 rings (SSSR count). The molecule has 0 atom stereocenters. The number of benzene rings is 1. The fraction of sp³-hybridized carbons (Fsp3) is 0.353. The Morgan fingerprint density at radius 2 is 1.67 bits per heavy atom. The van der Waals surface area contributed by atoms with Crippen LogP contribution in [0.3, 0.4) is 0 Å². The molecule has 144 valence electrons. The fourth-order valence-corrected chi connectivity index (χ4v) is 3.68. The van der Waals surface area contributed by atoms with Gasteiger partial charge in [0, 0.05) is 11.7 Å². The molecule has 0 aliphatic carbocycles. The molecule has 2 heterocycles. The van der Waals surface area contributed by atoms with Crippen LogP contribution < -0.4 is 9.77 Å². The minimum absolute atomic E-state index is 0.00224. The predicted octanol–water partition coefficient (Wildman–Crippen LogP) is 2.98. The van der Waals surface area contributed by atoms with E-state index in [0.717, 1.165) is 4.31 Å². The number of anilines is 2. The standard InChI is InChI=1S/C17H20BClN2O5S/c1-16(2)17(3,4)26-18(25-16)12-10-14(15(19)20-11-12)21(27(22,23)24)13-8-6-5-7-9-13/h5-11H,1-4H3,(H,22,23,24). The van der Waals surface area contributed by atoms with Gasteiger partial charge in [-0.05, 0) is 45.9 Å². The number of rotatable bonds is 4. The minimum Gasteiger partial charge on any atom is -0.399 e. The normalized spacial score (nSPS) is 18.5. The van der Waals surface area contributed by atoms with Gasteiger partial charge in [-0.3, -0.25) is 4.55 Å². The zero-order chi connectivity index (χ0) is 20.0. The van der Waals surface area contributed by atoms with Crippen molar-refractivity contribution in [3.8, 4) is 0 Å². The van der Waals surface area contributed by atoms with Crippen molar-refractivity contribution in [3.63, 3.8) is 0 Å². The molecule has 1 aromatic heterocycles. The Kier molecular flexibility index (Phi) is 5.03. The summed E-state index contributed by atoms with van der Waals surface area (Å²) in [7, 11) is -5.40. The van der Waals surface area contributed by atoms with Crippen LogP contribution in [0.1, 0.15) is 27.7 Å². The maximum atomic E-state index is 12.1. The van der Waals surface area contributed by atoms with E-state index in [1.807, 2.05) is 27.7 Å². The van der Waals surface area contributed by atoms with Crippen molar-refractivity contribution >= 4 is 45.9 Å². The van der Waals surface area contributed by atoms with Crippen LogP contribution in [0.25, 0.3) is 0 Å². The summed E-state index contributed by atoms with van der Waals surface area (Å²) < 4.78 is 46.6. The second-order valence-corrected chi connectivity index (χ2v) is 8.86. The van der Waals surface area contributed by atoms with Gasteiger partial charge in [0.1, 0.15) is 0 Å². The van der Waals surface area contributed by atoms with E-state index in [2.05, 4.69) is 4.98 Å². The average Bonchev–Trinajstić information content (AvgIpc) is 2.77. The van der Waals surface area contributed by atoms with E-state index >= 15 is 0 Å². The van der Waals surface area contributed by atoms with Gasteiger partial charge in [0.25, 0.3) is 0 Å². The molecular formula is C17H20BClN2O5S. The summed E-state index contributed by atoms with van der Waals surface area (Å²) in [4.78, 5) is 4.07. The van der Waals surface area contributed by atoms with E-state index in [0.29, 0.717) is 5.46 Å². The largest absolute Gasteiger partial charge is 0.496 e. The Morgan fingerprint density at radius 3 is 2.19 bits per heavy atom. The van der Waals surface area contributed by atoms with Gasteiger partial charge in [-0.2, -0.15) is 8.42 Å². The van der Waals surface area contributed by atoms with Gasteiger partial charge in [0.15, 0.2) is 5.15 Å². The molecule has 0 bridgehead atoms. The van der Waals surface area contributed by atoms with E-state index < -0.39 is 28.6 Å². The lowest BCUT2D eigenvalue weighted by atomic mass is 9.80. The van der Waals surface area contributed by atoms with E-state index in [4.69, 9.17) is 20.9 Å². The molecule has 0 radical (unpaired) electrons. The van der Waals surface area contributed by atoms with Crippen LogP contribution in [0, 0.1) is 0 Å².